The molecule has 32 heavy (non-hydrogen) atoms. The minimum absolute atomic E-state index is 0.00777. The summed E-state index contributed by atoms with van der Waals surface area (Å²) in [5.74, 6) is -0.745. The van der Waals surface area contributed by atoms with Gasteiger partial charge in [-0.2, -0.15) is 0 Å². The zero-order chi connectivity index (χ0) is 22.8. The maximum Gasteiger partial charge on any atom is 0.300 e. The number of aliphatic hydroxyl groups excluding tert-OH is 1. The van der Waals surface area contributed by atoms with Crippen molar-refractivity contribution in [3.8, 4) is 11.5 Å². The van der Waals surface area contributed by atoms with Crippen LogP contribution < -0.4 is 14.4 Å². The van der Waals surface area contributed by atoms with Gasteiger partial charge >= 0.3 is 0 Å². The first-order valence-corrected chi connectivity index (χ1v) is 10.6. The Morgan fingerprint density at radius 3 is 2.19 bits per heavy atom. The number of aliphatic hydroxyl groups is 1. The predicted octanol–water partition coefficient (Wildman–Crippen LogP) is 5.09. The van der Waals surface area contributed by atoms with E-state index < -0.39 is 17.7 Å². The zero-order valence-corrected chi connectivity index (χ0v) is 19.0. The van der Waals surface area contributed by atoms with Crippen LogP contribution in [0.1, 0.15) is 17.2 Å². The lowest BCUT2D eigenvalue weighted by molar-refractivity contribution is -0.132. The monoisotopic (exact) mass is 493 g/mol. The third-order valence-corrected chi connectivity index (χ3v) is 5.85. The summed E-state index contributed by atoms with van der Waals surface area (Å²) in [4.78, 5) is 27.7. The summed E-state index contributed by atoms with van der Waals surface area (Å²) in [7, 11) is 3.04. The zero-order valence-electron chi connectivity index (χ0n) is 17.4. The Labute approximate surface area is 193 Å². The molecule has 1 fully saturated rings. The number of amides is 1. The number of hydrogen-bond acceptors (Lipinski definition) is 5. The molecule has 1 aliphatic rings. The third kappa shape index (κ3) is 3.76. The molecule has 7 heteroatoms. The molecule has 0 aromatic heterocycles. The first kappa shape index (κ1) is 21.6. The Kier molecular flexibility index (Phi) is 6.01. The Morgan fingerprint density at radius 2 is 1.56 bits per heavy atom. The Bertz CT molecular complexity index is 1200. The van der Waals surface area contributed by atoms with Gasteiger partial charge in [-0.15, -0.1) is 0 Å². The second-order valence-electron chi connectivity index (χ2n) is 7.13. The number of rotatable bonds is 5. The second-order valence-corrected chi connectivity index (χ2v) is 8.04. The molecule has 0 aliphatic carbocycles. The number of carbonyl (C=O) groups excluding carboxylic acids is 2. The van der Waals surface area contributed by atoms with Crippen molar-refractivity contribution in [3.63, 3.8) is 0 Å². The highest BCUT2D eigenvalue weighted by Crippen LogP contribution is 2.44. The van der Waals surface area contributed by atoms with Gasteiger partial charge in [-0.3, -0.25) is 14.5 Å². The summed E-state index contributed by atoms with van der Waals surface area (Å²) >= 11 is 3.36. The van der Waals surface area contributed by atoms with Gasteiger partial charge in [-0.25, -0.2) is 0 Å². The van der Waals surface area contributed by atoms with Crippen molar-refractivity contribution in [3.05, 3.63) is 94.0 Å². The van der Waals surface area contributed by atoms with Crippen LogP contribution in [0.2, 0.25) is 0 Å². The predicted molar refractivity (Wildman–Crippen MR) is 125 cm³/mol. The molecular formula is C25H20BrNO5. The molecule has 1 amide bonds. The molecular weight excluding hydrogens is 474 g/mol. The van der Waals surface area contributed by atoms with Crippen molar-refractivity contribution < 1.29 is 24.2 Å². The molecule has 1 N–H and O–H groups in total. The van der Waals surface area contributed by atoms with Crippen molar-refractivity contribution in [1.82, 2.24) is 0 Å². The first-order valence-electron chi connectivity index (χ1n) is 9.80. The summed E-state index contributed by atoms with van der Waals surface area (Å²) in [5, 5.41) is 11.1. The van der Waals surface area contributed by atoms with Crippen LogP contribution in [0, 0.1) is 0 Å². The van der Waals surface area contributed by atoms with E-state index in [1.54, 1.807) is 66.7 Å². The second kappa shape index (κ2) is 8.88. The van der Waals surface area contributed by atoms with Crippen LogP contribution >= 0.6 is 15.9 Å². The van der Waals surface area contributed by atoms with E-state index in [2.05, 4.69) is 15.9 Å². The molecule has 1 unspecified atom stereocenters. The molecule has 3 aromatic carbocycles. The van der Waals surface area contributed by atoms with Crippen molar-refractivity contribution >= 4 is 39.1 Å². The van der Waals surface area contributed by atoms with Crippen molar-refractivity contribution in [2.45, 2.75) is 6.04 Å². The molecule has 1 saturated heterocycles. The highest BCUT2D eigenvalue weighted by molar-refractivity contribution is 9.10. The minimum Gasteiger partial charge on any atom is -0.507 e. The van der Waals surface area contributed by atoms with E-state index in [1.165, 1.54) is 19.1 Å². The van der Waals surface area contributed by atoms with Gasteiger partial charge in [0.2, 0.25) is 0 Å². The summed E-state index contributed by atoms with van der Waals surface area (Å²) < 4.78 is 11.6. The number of nitrogens with zero attached hydrogens (tertiary/aromatic N) is 1. The van der Waals surface area contributed by atoms with Gasteiger partial charge in [0.25, 0.3) is 11.7 Å². The van der Waals surface area contributed by atoms with E-state index in [0.29, 0.717) is 28.3 Å². The number of halogens is 1. The fourth-order valence-corrected chi connectivity index (χ4v) is 4.05. The number of para-hydroxylation sites is 1. The molecule has 162 valence electrons. The van der Waals surface area contributed by atoms with Gasteiger partial charge in [0, 0.05) is 15.7 Å². The van der Waals surface area contributed by atoms with Crippen LogP contribution in [-0.4, -0.2) is 31.0 Å². The van der Waals surface area contributed by atoms with Crippen LogP contribution in [0.15, 0.2) is 82.8 Å². The summed E-state index contributed by atoms with van der Waals surface area (Å²) in [5.41, 5.74) is 1.59. The van der Waals surface area contributed by atoms with Crippen molar-refractivity contribution in [2.24, 2.45) is 0 Å². The van der Waals surface area contributed by atoms with E-state index in [1.807, 2.05) is 6.07 Å². The van der Waals surface area contributed by atoms with Gasteiger partial charge in [0.1, 0.15) is 5.76 Å². The lowest BCUT2D eigenvalue weighted by atomic mass is 9.94. The number of methoxy groups -OCH3 is 2. The van der Waals surface area contributed by atoms with Crippen LogP contribution in [0.25, 0.3) is 5.76 Å². The molecule has 6 nitrogen and oxygen atoms in total. The number of ketones is 1. The van der Waals surface area contributed by atoms with Gasteiger partial charge in [-0.1, -0.05) is 52.3 Å². The topological polar surface area (TPSA) is 76.1 Å². The van der Waals surface area contributed by atoms with Crippen LogP contribution in [0.4, 0.5) is 5.69 Å². The van der Waals surface area contributed by atoms with Gasteiger partial charge in [0.15, 0.2) is 11.5 Å². The van der Waals surface area contributed by atoms with E-state index in [4.69, 9.17) is 9.47 Å². The van der Waals surface area contributed by atoms with E-state index in [0.717, 1.165) is 4.47 Å². The highest BCUT2D eigenvalue weighted by atomic mass is 79.9. The van der Waals surface area contributed by atoms with Gasteiger partial charge < -0.3 is 14.6 Å². The Hall–Kier alpha value is -3.58. The molecule has 1 heterocycles. The fourth-order valence-electron chi connectivity index (χ4n) is 3.79. The number of ether oxygens (including phenoxy) is 2. The molecule has 0 bridgehead atoms. The van der Waals surface area contributed by atoms with Crippen molar-refractivity contribution in [2.75, 3.05) is 19.1 Å². The first-order chi connectivity index (χ1) is 15.5. The van der Waals surface area contributed by atoms with E-state index in [9.17, 15) is 14.7 Å². The number of Topliss-reactive ketones (excluding diaryl/α,β-unsaturated/α-hetero) is 1. The van der Waals surface area contributed by atoms with Crippen LogP contribution in [0.3, 0.4) is 0 Å². The van der Waals surface area contributed by atoms with Gasteiger partial charge in [0.05, 0.1) is 25.8 Å². The van der Waals surface area contributed by atoms with Gasteiger partial charge in [-0.05, 0) is 42.0 Å². The average Bonchev–Trinajstić information content (AvgIpc) is 3.09. The van der Waals surface area contributed by atoms with Crippen LogP contribution in [0.5, 0.6) is 11.5 Å². The maximum atomic E-state index is 13.2. The molecule has 4 rings (SSSR count). The highest BCUT2D eigenvalue weighted by Gasteiger charge is 2.47. The summed E-state index contributed by atoms with van der Waals surface area (Å²) in [6.07, 6.45) is 0. The number of anilines is 1. The molecule has 0 radical (unpaired) electrons. The quantitative estimate of drug-likeness (QED) is 0.304. The fraction of sp³-hybridized carbons (Fsp3) is 0.120. The lowest BCUT2D eigenvalue weighted by Crippen LogP contribution is -2.29. The largest absolute Gasteiger partial charge is 0.507 e. The molecule has 0 saturated carbocycles. The molecule has 1 aliphatic heterocycles. The smallest absolute Gasteiger partial charge is 0.300 e. The number of hydrogen-bond donors (Lipinski definition) is 1. The standard InChI is InChI=1S/C25H20BrNO5/c1-31-19-13-10-16(14-20(19)32-2)22-21(23(28)15-8-11-17(26)12-9-15)24(29)25(30)27(22)18-6-4-3-5-7-18/h3-14,22,28H,1-2H3/b23-21+. The normalized spacial score (nSPS) is 17.5. The number of benzene rings is 3. The molecule has 3 aromatic rings. The lowest BCUT2D eigenvalue weighted by Gasteiger charge is -2.26. The molecule has 1 atom stereocenters. The maximum absolute atomic E-state index is 13.2. The molecule has 0 spiro atoms. The Morgan fingerprint density at radius 1 is 0.906 bits per heavy atom. The van der Waals surface area contributed by atoms with Crippen molar-refractivity contribution in [1.29, 1.82) is 0 Å². The summed E-state index contributed by atoms with van der Waals surface area (Å²) in [6.45, 7) is 0. The SMILES string of the molecule is COc1ccc(C2/C(=C(\O)c3ccc(Br)cc3)C(=O)C(=O)N2c2ccccc2)cc1OC. The van der Waals surface area contributed by atoms with Crippen LogP contribution in [-0.2, 0) is 9.59 Å². The average molecular weight is 494 g/mol. The third-order valence-electron chi connectivity index (χ3n) is 5.32. The van der Waals surface area contributed by atoms with E-state index >= 15 is 0 Å². The number of carbonyl (C=O) groups is 2. The Balaban J connectivity index is 1.96. The summed E-state index contributed by atoms with van der Waals surface area (Å²) in [6, 6.07) is 20.1. The van der Waals surface area contributed by atoms with E-state index in [-0.39, 0.29) is 11.3 Å². The minimum atomic E-state index is -0.846.